The number of aromatic nitrogens is 2. The van der Waals surface area contributed by atoms with Gasteiger partial charge in [-0.15, -0.1) is 0 Å². The van der Waals surface area contributed by atoms with E-state index in [1.165, 1.54) is 0 Å². The van der Waals surface area contributed by atoms with E-state index in [2.05, 4.69) is 28.5 Å². The number of benzene rings is 1. The van der Waals surface area contributed by atoms with Crippen LogP contribution in [-0.2, 0) is 13.2 Å². The molecule has 0 saturated carbocycles. The van der Waals surface area contributed by atoms with Gasteiger partial charge in [0.05, 0.1) is 13.2 Å². The van der Waals surface area contributed by atoms with Gasteiger partial charge in [0.1, 0.15) is 11.6 Å². The van der Waals surface area contributed by atoms with E-state index >= 15 is 0 Å². The van der Waals surface area contributed by atoms with Crippen molar-refractivity contribution in [2.45, 2.75) is 20.1 Å². The molecule has 21 heavy (non-hydrogen) atoms. The lowest BCUT2D eigenvalue weighted by Crippen LogP contribution is -2.18. The van der Waals surface area contributed by atoms with Crippen molar-refractivity contribution in [1.82, 2.24) is 14.5 Å². The lowest BCUT2D eigenvalue weighted by molar-refractivity contribution is 0.267. The standard InChI is InChI=1S/C16H23N3O2/c1-4-21-15-6-5-13(11-14(15)12-20)16-17-7-8-19(16)10-9-18(2)3/h5-8,11,20H,4,9-10,12H2,1-3H3. The quantitative estimate of drug-likeness (QED) is 0.847. The van der Waals surface area contributed by atoms with Gasteiger partial charge in [0, 0.05) is 36.6 Å². The molecule has 2 rings (SSSR count). The fourth-order valence-electron chi connectivity index (χ4n) is 2.20. The molecule has 0 aliphatic rings. The SMILES string of the molecule is CCOc1ccc(-c2nccn2CCN(C)C)cc1CO. The number of hydrogen-bond donors (Lipinski definition) is 1. The zero-order valence-corrected chi connectivity index (χ0v) is 12.9. The van der Waals surface area contributed by atoms with Crippen LogP contribution in [0, 0.1) is 0 Å². The summed E-state index contributed by atoms with van der Waals surface area (Å²) in [5, 5.41) is 9.50. The van der Waals surface area contributed by atoms with Gasteiger partial charge in [-0.25, -0.2) is 4.98 Å². The summed E-state index contributed by atoms with van der Waals surface area (Å²) in [6.45, 7) is 4.31. The number of likely N-dealkylation sites (N-methyl/N-ethyl adjacent to an activating group) is 1. The second kappa shape index (κ2) is 7.24. The molecule has 1 aromatic carbocycles. The fraction of sp³-hybridized carbons (Fsp3) is 0.438. The maximum Gasteiger partial charge on any atom is 0.139 e. The number of rotatable bonds is 7. The van der Waals surface area contributed by atoms with Crippen LogP contribution in [-0.4, -0.2) is 46.8 Å². The van der Waals surface area contributed by atoms with Gasteiger partial charge in [0.2, 0.25) is 0 Å². The molecule has 0 amide bonds. The summed E-state index contributed by atoms with van der Waals surface area (Å²) in [7, 11) is 4.11. The van der Waals surface area contributed by atoms with Crippen LogP contribution >= 0.6 is 0 Å². The van der Waals surface area contributed by atoms with Crippen molar-refractivity contribution in [2.75, 3.05) is 27.2 Å². The summed E-state index contributed by atoms with van der Waals surface area (Å²) in [6.07, 6.45) is 3.79. The van der Waals surface area contributed by atoms with Gasteiger partial charge in [-0.2, -0.15) is 0 Å². The molecule has 0 spiro atoms. The number of imidazole rings is 1. The molecular formula is C16H23N3O2. The highest BCUT2D eigenvalue weighted by Crippen LogP contribution is 2.26. The van der Waals surface area contributed by atoms with Crippen molar-refractivity contribution in [3.05, 3.63) is 36.2 Å². The van der Waals surface area contributed by atoms with E-state index in [-0.39, 0.29) is 6.61 Å². The van der Waals surface area contributed by atoms with Crippen molar-refractivity contribution in [3.8, 4) is 17.1 Å². The van der Waals surface area contributed by atoms with E-state index in [9.17, 15) is 5.11 Å². The fourth-order valence-corrected chi connectivity index (χ4v) is 2.20. The molecule has 0 saturated heterocycles. The van der Waals surface area contributed by atoms with E-state index in [1.807, 2.05) is 31.3 Å². The lowest BCUT2D eigenvalue weighted by atomic mass is 10.1. The first kappa shape index (κ1) is 15.5. The highest BCUT2D eigenvalue weighted by Gasteiger charge is 2.10. The van der Waals surface area contributed by atoms with Gasteiger partial charge >= 0.3 is 0 Å². The predicted octanol–water partition coefficient (Wildman–Crippen LogP) is 2.00. The van der Waals surface area contributed by atoms with Crippen molar-refractivity contribution < 1.29 is 9.84 Å². The van der Waals surface area contributed by atoms with Crippen LogP contribution < -0.4 is 4.74 Å². The molecule has 0 unspecified atom stereocenters. The van der Waals surface area contributed by atoms with Crippen molar-refractivity contribution in [3.63, 3.8) is 0 Å². The molecule has 1 aromatic heterocycles. The van der Waals surface area contributed by atoms with E-state index in [0.717, 1.165) is 35.8 Å². The number of ether oxygens (including phenoxy) is 1. The van der Waals surface area contributed by atoms with Crippen LogP contribution in [0.1, 0.15) is 12.5 Å². The second-order valence-corrected chi connectivity index (χ2v) is 5.16. The lowest BCUT2D eigenvalue weighted by Gasteiger charge is -2.14. The van der Waals surface area contributed by atoms with Crippen molar-refractivity contribution in [2.24, 2.45) is 0 Å². The summed E-state index contributed by atoms with van der Waals surface area (Å²) >= 11 is 0. The Kier molecular flexibility index (Phi) is 5.36. The third-order valence-electron chi connectivity index (χ3n) is 3.29. The zero-order chi connectivity index (χ0) is 15.2. The summed E-state index contributed by atoms with van der Waals surface area (Å²) in [5.41, 5.74) is 1.78. The zero-order valence-electron chi connectivity index (χ0n) is 12.9. The van der Waals surface area contributed by atoms with Crippen molar-refractivity contribution >= 4 is 0 Å². The maximum absolute atomic E-state index is 9.50. The Hall–Kier alpha value is -1.85. The Morgan fingerprint density at radius 3 is 2.81 bits per heavy atom. The normalized spacial score (nSPS) is 11.1. The molecular weight excluding hydrogens is 266 g/mol. The van der Waals surface area contributed by atoms with Crippen LogP contribution in [0.3, 0.4) is 0 Å². The second-order valence-electron chi connectivity index (χ2n) is 5.16. The molecule has 1 N–H and O–H groups in total. The first-order chi connectivity index (χ1) is 10.2. The molecule has 0 atom stereocenters. The minimum absolute atomic E-state index is 0.0401. The molecule has 1 heterocycles. The molecule has 0 aliphatic heterocycles. The Labute approximate surface area is 125 Å². The third kappa shape index (κ3) is 3.83. The minimum Gasteiger partial charge on any atom is -0.494 e. The van der Waals surface area contributed by atoms with Crippen molar-refractivity contribution in [1.29, 1.82) is 0 Å². The highest BCUT2D eigenvalue weighted by atomic mass is 16.5. The molecule has 0 radical (unpaired) electrons. The number of nitrogens with zero attached hydrogens (tertiary/aromatic N) is 3. The van der Waals surface area contributed by atoms with Gasteiger partial charge in [-0.05, 0) is 39.2 Å². The highest BCUT2D eigenvalue weighted by molar-refractivity contribution is 5.59. The summed E-state index contributed by atoms with van der Waals surface area (Å²) in [4.78, 5) is 6.58. The van der Waals surface area contributed by atoms with E-state index in [1.54, 1.807) is 6.20 Å². The van der Waals surface area contributed by atoms with Gasteiger partial charge in [-0.3, -0.25) is 0 Å². The van der Waals surface area contributed by atoms with E-state index in [4.69, 9.17) is 4.74 Å². The van der Waals surface area contributed by atoms with Crippen LogP contribution in [0.15, 0.2) is 30.6 Å². The smallest absolute Gasteiger partial charge is 0.139 e. The molecule has 0 aliphatic carbocycles. The average Bonchev–Trinajstić information content (AvgIpc) is 2.94. The Morgan fingerprint density at radius 1 is 1.33 bits per heavy atom. The van der Waals surface area contributed by atoms with Crippen LogP contribution in [0.25, 0.3) is 11.4 Å². The molecule has 2 aromatic rings. The van der Waals surface area contributed by atoms with Gasteiger partial charge in [0.25, 0.3) is 0 Å². The molecule has 0 fully saturated rings. The van der Waals surface area contributed by atoms with E-state index < -0.39 is 0 Å². The van der Waals surface area contributed by atoms with Crippen LogP contribution in [0.4, 0.5) is 0 Å². The maximum atomic E-state index is 9.50. The Balaban J connectivity index is 2.28. The largest absolute Gasteiger partial charge is 0.494 e. The average molecular weight is 289 g/mol. The molecule has 5 heteroatoms. The topological polar surface area (TPSA) is 50.5 Å². The minimum atomic E-state index is -0.0401. The Bertz CT molecular complexity index is 579. The summed E-state index contributed by atoms with van der Waals surface area (Å²) in [6, 6.07) is 5.83. The molecule has 114 valence electrons. The summed E-state index contributed by atoms with van der Waals surface area (Å²) < 4.78 is 7.64. The van der Waals surface area contributed by atoms with Crippen LogP contribution in [0.2, 0.25) is 0 Å². The summed E-state index contributed by atoms with van der Waals surface area (Å²) in [5.74, 6) is 1.64. The number of hydrogen-bond acceptors (Lipinski definition) is 4. The molecule has 0 bridgehead atoms. The Morgan fingerprint density at radius 2 is 2.14 bits per heavy atom. The number of aliphatic hydroxyl groups excluding tert-OH is 1. The van der Waals surface area contributed by atoms with Gasteiger partial charge < -0.3 is 19.3 Å². The van der Waals surface area contributed by atoms with Crippen LogP contribution in [0.5, 0.6) is 5.75 Å². The van der Waals surface area contributed by atoms with E-state index in [0.29, 0.717) is 6.61 Å². The first-order valence-corrected chi connectivity index (χ1v) is 7.18. The molecule has 5 nitrogen and oxygen atoms in total. The van der Waals surface area contributed by atoms with Gasteiger partial charge in [-0.1, -0.05) is 0 Å². The first-order valence-electron chi connectivity index (χ1n) is 7.18. The third-order valence-corrected chi connectivity index (χ3v) is 3.29. The van der Waals surface area contributed by atoms with Gasteiger partial charge in [0.15, 0.2) is 0 Å². The monoisotopic (exact) mass is 289 g/mol. The predicted molar refractivity (Wildman–Crippen MR) is 83.3 cm³/mol. The number of aliphatic hydroxyl groups is 1.